The highest BCUT2D eigenvalue weighted by Gasteiger charge is 2.19. The van der Waals surface area contributed by atoms with Crippen molar-refractivity contribution in [3.8, 4) is 0 Å². The summed E-state index contributed by atoms with van der Waals surface area (Å²) in [5, 5.41) is 17.2. The Morgan fingerprint density at radius 3 is 2.82 bits per heavy atom. The lowest BCUT2D eigenvalue weighted by Crippen LogP contribution is -2.35. The summed E-state index contributed by atoms with van der Waals surface area (Å²) >= 11 is 0. The van der Waals surface area contributed by atoms with Crippen LogP contribution >= 0.6 is 12.4 Å². The van der Waals surface area contributed by atoms with Gasteiger partial charge in [-0.3, -0.25) is 10.1 Å². The second-order valence-corrected chi connectivity index (χ2v) is 3.80. The van der Waals surface area contributed by atoms with Gasteiger partial charge in [0, 0.05) is 18.3 Å². The number of nitro groups is 1. The molecule has 1 aliphatic heterocycles. The van der Waals surface area contributed by atoms with E-state index in [9.17, 15) is 10.1 Å². The van der Waals surface area contributed by atoms with Crippen LogP contribution in [-0.2, 0) is 0 Å². The molecule has 1 saturated heterocycles. The summed E-state index contributed by atoms with van der Waals surface area (Å²) in [6, 6.07) is 3.32. The molecule has 0 unspecified atom stereocenters. The molecule has 0 aliphatic carbocycles. The van der Waals surface area contributed by atoms with Gasteiger partial charge in [-0.2, -0.15) is 0 Å². The van der Waals surface area contributed by atoms with Gasteiger partial charge < -0.3 is 10.6 Å². The highest BCUT2D eigenvalue weighted by Crippen LogP contribution is 2.22. The lowest BCUT2D eigenvalue weighted by molar-refractivity contribution is -0.384. The molecule has 1 aromatic rings. The zero-order chi connectivity index (χ0) is 11.4. The molecule has 1 aliphatic rings. The molecule has 1 aromatic heterocycles. The van der Waals surface area contributed by atoms with Crippen LogP contribution in [0.1, 0.15) is 12.8 Å². The van der Waals surface area contributed by atoms with Crippen molar-refractivity contribution in [3.05, 3.63) is 28.4 Å². The zero-order valence-corrected chi connectivity index (χ0v) is 10.1. The molecule has 2 heterocycles. The van der Waals surface area contributed by atoms with Crippen molar-refractivity contribution >= 4 is 23.9 Å². The summed E-state index contributed by atoms with van der Waals surface area (Å²) in [4.78, 5) is 14.4. The first-order valence-electron chi connectivity index (χ1n) is 5.34. The topological polar surface area (TPSA) is 80.1 Å². The molecular weight excluding hydrogens is 244 g/mol. The fourth-order valence-electron chi connectivity index (χ4n) is 1.81. The Balaban J connectivity index is 0.00000144. The molecule has 0 saturated carbocycles. The van der Waals surface area contributed by atoms with Crippen molar-refractivity contribution in [3.63, 3.8) is 0 Å². The van der Waals surface area contributed by atoms with Crippen LogP contribution in [0.2, 0.25) is 0 Å². The number of anilines is 1. The van der Waals surface area contributed by atoms with Gasteiger partial charge in [-0.15, -0.1) is 12.4 Å². The Labute approximate surface area is 105 Å². The molecule has 0 bridgehead atoms. The molecular formula is C10H15ClN4O2. The van der Waals surface area contributed by atoms with Gasteiger partial charge in [-0.25, -0.2) is 4.98 Å². The second-order valence-electron chi connectivity index (χ2n) is 3.80. The Kier molecular flexibility index (Phi) is 5.11. The van der Waals surface area contributed by atoms with Crippen LogP contribution in [0.3, 0.4) is 0 Å². The highest BCUT2D eigenvalue weighted by molar-refractivity contribution is 5.85. The fourth-order valence-corrected chi connectivity index (χ4v) is 1.81. The molecule has 0 radical (unpaired) electrons. The zero-order valence-electron chi connectivity index (χ0n) is 9.26. The number of hydrogen-bond donors (Lipinski definition) is 2. The van der Waals surface area contributed by atoms with Crippen LogP contribution in [0.4, 0.5) is 11.5 Å². The predicted octanol–water partition coefficient (Wildman–Crippen LogP) is 1.58. The molecule has 17 heavy (non-hydrogen) atoms. The molecule has 6 nitrogen and oxygen atoms in total. The molecule has 7 heteroatoms. The second kappa shape index (κ2) is 6.36. The number of nitrogens with one attached hydrogen (secondary N) is 2. The summed E-state index contributed by atoms with van der Waals surface area (Å²) in [6.45, 7) is 1.89. The van der Waals surface area contributed by atoms with Crippen molar-refractivity contribution in [2.45, 2.75) is 18.9 Å². The lowest BCUT2D eigenvalue weighted by atomic mass is 10.1. The average molecular weight is 259 g/mol. The molecule has 0 amide bonds. The maximum Gasteiger partial charge on any atom is 0.311 e. The van der Waals surface area contributed by atoms with Crippen LogP contribution in [0.25, 0.3) is 0 Å². The SMILES string of the molecule is Cl.O=[N+]([O-])c1cccnc1NC1CCNCC1. The summed E-state index contributed by atoms with van der Waals surface area (Å²) in [7, 11) is 0. The summed E-state index contributed by atoms with van der Waals surface area (Å²) < 4.78 is 0. The van der Waals surface area contributed by atoms with Crippen molar-refractivity contribution in [1.29, 1.82) is 0 Å². The van der Waals surface area contributed by atoms with Gasteiger partial charge in [0.25, 0.3) is 0 Å². The van der Waals surface area contributed by atoms with Crippen molar-refractivity contribution < 1.29 is 4.92 Å². The van der Waals surface area contributed by atoms with Gasteiger partial charge in [-0.05, 0) is 32.0 Å². The van der Waals surface area contributed by atoms with E-state index in [1.54, 1.807) is 12.3 Å². The van der Waals surface area contributed by atoms with Gasteiger partial charge in [0.1, 0.15) is 0 Å². The van der Waals surface area contributed by atoms with E-state index >= 15 is 0 Å². The number of halogens is 1. The Morgan fingerprint density at radius 2 is 2.18 bits per heavy atom. The normalized spacial score (nSPS) is 16.0. The van der Waals surface area contributed by atoms with Gasteiger partial charge >= 0.3 is 5.69 Å². The first kappa shape index (κ1) is 13.7. The van der Waals surface area contributed by atoms with Crippen LogP contribution in [0.5, 0.6) is 0 Å². The molecule has 94 valence electrons. The fraction of sp³-hybridized carbons (Fsp3) is 0.500. The van der Waals surface area contributed by atoms with Crippen molar-refractivity contribution in [1.82, 2.24) is 10.3 Å². The van der Waals surface area contributed by atoms with E-state index in [0.717, 1.165) is 25.9 Å². The van der Waals surface area contributed by atoms with Crippen molar-refractivity contribution in [2.24, 2.45) is 0 Å². The quantitative estimate of drug-likeness (QED) is 0.636. The minimum Gasteiger partial charge on any atom is -0.362 e. The van der Waals surface area contributed by atoms with Crippen LogP contribution in [-0.4, -0.2) is 29.0 Å². The van der Waals surface area contributed by atoms with E-state index in [2.05, 4.69) is 15.6 Å². The number of rotatable bonds is 3. The van der Waals surface area contributed by atoms with Crippen LogP contribution < -0.4 is 10.6 Å². The smallest absolute Gasteiger partial charge is 0.311 e. The molecule has 2 N–H and O–H groups in total. The van der Waals surface area contributed by atoms with E-state index in [4.69, 9.17) is 0 Å². The predicted molar refractivity (Wildman–Crippen MR) is 67.7 cm³/mol. The summed E-state index contributed by atoms with van der Waals surface area (Å²) in [5.41, 5.74) is 0.0426. The van der Waals surface area contributed by atoms with E-state index in [0.29, 0.717) is 5.82 Å². The van der Waals surface area contributed by atoms with Crippen molar-refractivity contribution in [2.75, 3.05) is 18.4 Å². The maximum absolute atomic E-state index is 10.8. The minimum absolute atomic E-state index is 0. The number of pyridine rings is 1. The Hall–Kier alpha value is -1.40. The molecule has 0 atom stereocenters. The lowest BCUT2D eigenvalue weighted by Gasteiger charge is -2.23. The van der Waals surface area contributed by atoms with Crippen LogP contribution in [0.15, 0.2) is 18.3 Å². The Morgan fingerprint density at radius 1 is 1.47 bits per heavy atom. The van der Waals surface area contributed by atoms with E-state index in [-0.39, 0.29) is 24.1 Å². The largest absolute Gasteiger partial charge is 0.362 e. The number of piperidine rings is 1. The first-order chi connectivity index (χ1) is 7.77. The van der Waals surface area contributed by atoms with Crippen LogP contribution in [0, 0.1) is 10.1 Å². The molecule has 0 spiro atoms. The number of hydrogen-bond acceptors (Lipinski definition) is 5. The van der Waals surface area contributed by atoms with Gasteiger partial charge in [-0.1, -0.05) is 0 Å². The summed E-state index contributed by atoms with van der Waals surface area (Å²) in [5.74, 6) is 0.374. The van der Waals surface area contributed by atoms with E-state index in [1.165, 1.54) is 6.07 Å². The third kappa shape index (κ3) is 3.54. The van der Waals surface area contributed by atoms with E-state index < -0.39 is 4.92 Å². The standard InChI is InChI=1S/C10H14N4O2.ClH/c15-14(16)9-2-1-5-12-10(9)13-8-3-6-11-7-4-8;/h1-2,5,8,11H,3-4,6-7H2,(H,12,13);1H. The summed E-state index contributed by atoms with van der Waals surface area (Å²) in [6.07, 6.45) is 3.50. The van der Waals surface area contributed by atoms with Gasteiger partial charge in [0.05, 0.1) is 4.92 Å². The molecule has 1 fully saturated rings. The number of nitrogens with zero attached hydrogens (tertiary/aromatic N) is 2. The van der Waals surface area contributed by atoms with Gasteiger partial charge in [0.15, 0.2) is 0 Å². The first-order valence-corrected chi connectivity index (χ1v) is 5.34. The monoisotopic (exact) mass is 258 g/mol. The third-order valence-corrected chi connectivity index (χ3v) is 2.66. The Bertz CT molecular complexity index is 382. The molecule has 2 rings (SSSR count). The highest BCUT2D eigenvalue weighted by atomic mass is 35.5. The van der Waals surface area contributed by atoms with Gasteiger partial charge in [0.2, 0.25) is 5.82 Å². The third-order valence-electron chi connectivity index (χ3n) is 2.66. The maximum atomic E-state index is 10.8. The number of aromatic nitrogens is 1. The molecule has 0 aromatic carbocycles. The van der Waals surface area contributed by atoms with E-state index in [1.807, 2.05) is 0 Å². The minimum atomic E-state index is -0.406. The average Bonchev–Trinajstić information content (AvgIpc) is 2.31.